The highest BCUT2D eigenvalue weighted by Gasteiger charge is 2.12. The summed E-state index contributed by atoms with van der Waals surface area (Å²) < 4.78 is 5.47. The van der Waals surface area contributed by atoms with Gasteiger partial charge in [-0.3, -0.25) is 9.59 Å². The Labute approximate surface area is 125 Å². The third kappa shape index (κ3) is 4.06. The highest BCUT2D eigenvalue weighted by Crippen LogP contribution is 2.16. The number of nitrogens with zero attached hydrogens (tertiary/aromatic N) is 1. The number of carboxylic acids is 1. The molecule has 0 amide bonds. The minimum Gasteiger partial charge on any atom is -0.486 e. The lowest BCUT2D eigenvalue weighted by Crippen LogP contribution is -2.22. The van der Waals surface area contributed by atoms with E-state index in [-0.39, 0.29) is 18.6 Å². The SMILES string of the molecule is Cc1nc(COc2ccc(Cl)cc2)[nH]c(=O)c1CC(=O)O. The quantitative estimate of drug-likeness (QED) is 0.880. The van der Waals surface area contributed by atoms with Gasteiger partial charge in [-0.2, -0.15) is 0 Å². The maximum absolute atomic E-state index is 11.8. The molecule has 0 aliphatic rings. The van der Waals surface area contributed by atoms with Crippen LogP contribution in [0.25, 0.3) is 0 Å². The highest BCUT2D eigenvalue weighted by atomic mass is 35.5. The summed E-state index contributed by atoms with van der Waals surface area (Å²) in [7, 11) is 0. The van der Waals surface area contributed by atoms with Gasteiger partial charge in [-0.15, -0.1) is 0 Å². The lowest BCUT2D eigenvalue weighted by molar-refractivity contribution is -0.136. The van der Waals surface area contributed by atoms with Crippen LogP contribution >= 0.6 is 11.6 Å². The van der Waals surface area contributed by atoms with Crippen LogP contribution in [0.15, 0.2) is 29.1 Å². The van der Waals surface area contributed by atoms with Gasteiger partial charge in [0.1, 0.15) is 18.2 Å². The average molecular weight is 309 g/mol. The molecule has 2 aromatic rings. The molecule has 6 nitrogen and oxygen atoms in total. The van der Waals surface area contributed by atoms with Crippen LogP contribution in [0, 0.1) is 6.92 Å². The first-order valence-corrected chi connectivity index (χ1v) is 6.52. The summed E-state index contributed by atoms with van der Waals surface area (Å²) in [5, 5.41) is 9.34. The van der Waals surface area contributed by atoms with Crippen molar-refractivity contribution in [2.75, 3.05) is 0 Å². The van der Waals surface area contributed by atoms with Crippen molar-refractivity contribution in [3.8, 4) is 5.75 Å². The Balaban J connectivity index is 2.12. The van der Waals surface area contributed by atoms with Crippen molar-refractivity contribution in [3.05, 3.63) is 56.7 Å². The van der Waals surface area contributed by atoms with Crippen LogP contribution in [0.4, 0.5) is 0 Å². The first-order valence-electron chi connectivity index (χ1n) is 6.14. The summed E-state index contributed by atoms with van der Waals surface area (Å²) in [4.78, 5) is 29.2. The second kappa shape index (κ2) is 6.41. The lowest BCUT2D eigenvalue weighted by atomic mass is 10.2. The number of aliphatic carboxylic acids is 1. The number of benzene rings is 1. The van der Waals surface area contributed by atoms with E-state index in [0.717, 1.165) is 0 Å². The van der Waals surface area contributed by atoms with Gasteiger partial charge in [-0.25, -0.2) is 4.98 Å². The molecule has 21 heavy (non-hydrogen) atoms. The molecule has 0 atom stereocenters. The fourth-order valence-electron chi connectivity index (χ4n) is 1.78. The summed E-state index contributed by atoms with van der Waals surface area (Å²) in [6.07, 6.45) is -0.355. The molecule has 0 saturated heterocycles. The van der Waals surface area contributed by atoms with Gasteiger partial charge in [0.25, 0.3) is 5.56 Å². The van der Waals surface area contributed by atoms with Crippen LogP contribution in [0.3, 0.4) is 0 Å². The minimum atomic E-state index is -1.07. The van der Waals surface area contributed by atoms with Crippen LogP contribution in [0.2, 0.25) is 5.02 Å². The van der Waals surface area contributed by atoms with E-state index in [2.05, 4.69) is 9.97 Å². The highest BCUT2D eigenvalue weighted by molar-refractivity contribution is 6.30. The van der Waals surface area contributed by atoms with Crippen molar-refractivity contribution in [1.29, 1.82) is 0 Å². The third-order valence-electron chi connectivity index (χ3n) is 2.79. The molecule has 0 spiro atoms. The normalized spacial score (nSPS) is 10.4. The van der Waals surface area contributed by atoms with Crippen molar-refractivity contribution in [2.24, 2.45) is 0 Å². The Morgan fingerprint density at radius 1 is 1.38 bits per heavy atom. The summed E-state index contributed by atoms with van der Waals surface area (Å²) in [5.41, 5.74) is 0.0770. The van der Waals surface area contributed by atoms with E-state index in [1.807, 2.05) is 0 Å². The van der Waals surface area contributed by atoms with E-state index >= 15 is 0 Å². The number of hydrogen-bond donors (Lipinski definition) is 2. The summed E-state index contributed by atoms with van der Waals surface area (Å²) in [5.74, 6) is -0.147. The maximum Gasteiger partial charge on any atom is 0.308 e. The number of halogens is 1. The molecule has 110 valence electrons. The van der Waals surface area contributed by atoms with Crippen molar-refractivity contribution in [1.82, 2.24) is 9.97 Å². The lowest BCUT2D eigenvalue weighted by Gasteiger charge is -2.08. The zero-order valence-electron chi connectivity index (χ0n) is 11.2. The minimum absolute atomic E-state index is 0.0745. The van der Waals surface area contributed by atoms with Crippen LogP contribution in [0.5, 0.6) is 5.75 Å². The number of nitrogens with one attached hydrogen (secondary N) is 1. The van der Waals surface area contributed by atoms with E-state index in [1.54, 1.807) is 31.2 Å². The van der Waals surface area contributed by atoms with Gasteiger partial charge in [-0.05, 0) is 31.2 Å². The number of ether oxygens (including phenoxy) is 1. The number of carbonyl (C=O) groups is 1. The number of hydrogen-bond acceptors (Lipinski definition) is 4. The Morgan fingerprint density at radius 3 is 2.62 bits per heavy atom. The maximum atomic E-state index is 11.8. The number of carboxylic acid groups (broad SMARTS) is 1. The number of H-pyrrole nitrogens is 1. The molecule has 2 N–H and O–H groups in total. The Kier molecular flexibility index (Phi) is 4.59. The second-order valence-electron chi connectivity index (χ2n) is 4.39. The number of aryl methyl sites for hydroxylation is 1. The number of aromatic amines is 1. The van der Waals surface area contributed by atoms with Crippen LogP contribution in [0.1, 0.15) is 17.1 Å². The van der Waals surface area contributed by atoms with Gasteiger partial charge in [0.05, 0.1) is 6.42 Å². The summed E-state index contributed by atoms with van der Waals surface area (Å²) >= 11 is 5.77. The standard InChI is InChI=1S/C14H13ClN2O4/c1-8-11(6-13(18)19)14(20)17-12(16-8)7-21-10-4-2-9(15)3-5-10/h2-5H,6-7H2,1H3,(H,18,19)(H,16,17,20). The molecule has 2 rings (SSSR count). The molecule has 1 heterocycles. The Hall–Kier alpha value is -2.34. The van der Waals surface area contributed by atoms with E-state index in [4.69, 9.17) is 21.4 Å². The molecule has 0 aliphatic carbocycles. The van der Waals surface area contributed by atoms with Gasteiger partial charge in [-0.1, -0.05) is 11.6 Å². The molecular formula is C14H13ClN2O4. The number of rotatable bonds is 5. The summed E-state index contributed by atoms with van der Waals surface area (Å²) in [6.45, 7) is 1.67. The Bertz CT molecular complexity index is 710. The molecule has 7 heteroatoms. The van der Waals surface area contributed by atoms with Crippen molar-refractivity contribution >= 4 is 17.6 Å². The molecule has 1 aromatic carbocycles. The summed E-state index contributed by atoms with van der Waals surface area (Å²) in [6, 6.07) is 6.78. The van der Waals surface area contributed by atoms with E-state index in [0.29, 0.717) is 22.3 Å². The largest absolute Gasteiger partial charge is 0.486 e. The monoisotopic (exact) mass is 308 g/mol. The molecular weight excluding hydrogens is 296 g/mol. The molecule has 1 aromatic heterocycles. The Morgan fingerprint density at radius 2 is 2.05 bits per heavy atom. The fourth-order valence-corrected chi connectivity index (χ4v) is 1.90. The van der Waals surface area contributed by atoms with Crippen molar-refractivity contribution in [3.63, 3.8) is 0 Å². The van der Waals surface area contributed by atoms with Crippen molar-refractivity contribution < 1.29 is 14.6 Å². The van der Waals surface area contributed by atoms with E-state index in [9.17, 15) is 9.59 Å². The van der Waals surface area contributed by atoms with Crippen molar-refractivity contribution in [2.45, 2.75) is 20.0 Å². The van der Waals surface area contributed by atoms with Gasteiger partial charge in [0, 0.05) is 16.3 Å². The second-order valence-corrected chi connectivity index (χ2v) is 4.83. The third-order valence-corrected chi connectivity index (χ3v) is 3.04. The van der Waals surface area contributed by atoms with Crippen LogP contribution in [-0.4, -0.2) is 21.0 Å². The zero-order valence-corrected chi connectivity index (χ0v) is 12.0. The van der Waals surface area contributed by atoms with Crippen LogP contribution < -0.4 is 10.3 Å². The van der Waals surface area contributed by atoms with Crippen LogP contribution in [-0.2, 0) is 17.8 Å². The van der Waals surface area contributed by atoms with E-state index in [1.165, 1.54) is 0 Å². The smallest absolute Gasteiger partial charge is 0.308 e. The average Bonchev–Trinajstić information content (AvgIpc) is 2.42. The van der Waals surface area contributed by atoms with Gasteiger partial charge in [0.2, 0.25) is 0 Å². The predicted molar refractivity (Wildman–Crippen MR) is 76.7 cm³/mol. The number of aromatic nitrogens is 2. The molecule has 0 unspecified atom stereocenters. The molecule has 0 bridgehead atoms. The van der Waals surface area contributed by atoms with Gasteiger partial charge in [0.15, 0.2) is 0 Å². The molecule has 0 aliphatic heterocycles. The van der Waals surface area contributed by atoms with Gasteiger partial charge >= 0.3 is 5.97 Å². The predicted octanol–water partition coefficient (Wildman–Crippen LogP) is 1.94. The first-order chi connectivity index (χ1) is 9.95. The van der Waals surface area contributed by atoms with E-state index < -0.39 is 11.5 Å². The molecule has 0 radical (unpaired) electrons. The first kappa shape index (κ1) is 15.1. The zero-order chi connectivity index (χ0) is 15.4. The topological polar surface area (TPSA) is 92.3 Å². The molecule has 0 fully saturated rings. The fraction of sp³-hybridized carbons (Fsp3) is 0.214. The molecule has 0 saturated carbocycles. The van der Waals surface area contributed by atoms with Gasteiger partial charge < -0.3 is 14.8 Å².